The molecule has 0 radical (unpaired) electrons. The lowest BCUT2D eigenvalue weighted by Crippen LogP contribution is -2.27. The van der Waals surface area contributed by atoms with Crippen LogP contribution < -0.4 is 11.1 Å². The van der Waals surface area contributed by atoms with Gasteiger partial charge in [0.15, 0.2) is 0 Å². The normalized spacial score (nSPS) is 12.1. The molecule has 0 heterocycles. The second-order valence-electron chi connectivity index (χ2n) is 4.27. The summed E-state index contributed by atoms with van der Waals surface area (Å²) in [6, 6.07) is 7.04. The Bertz CT molecular complexity index is 364. The molecule has 0 bridgehead atoms. The summed E-state index contributed by atoms with van der Waals surface area (Å²) in [5.74, 6) is 0.0920. The molecule has 4 N–H and O–H groups in total. The van der Waals surface area contributed by atoms with Gasteiger partial charge in [0.05, 0.1) is 6.42 Å². The predicted octanol–water partition coefficient (Wildman–Crippen LogP) is 1.18. The first-order chi connectivity index (χ1) is 8.09. The lowest BCUT2D eigenvalue weighted by molar-refractivity contribution is -0.120. The van der Waals surface area contributed by atoms with Crippen LogP contribution in [-0.2, 0) is 11.2 Å². The second-order valence-corrected chi connectivity index (χ2v) is 4.27. The van der Waals surface area contributed by atoms with Crippen molar-refractivity contribution in [3.8, 4) is 5.75 Å². The first-order valence-corrected chi connectivity index (χ1v) is 5.88. The van der Waals surface area contributed by atoms with Crippen molar-refractivity contribution in [2.75, 3.05) is 6.54 Å². The standard InChI is InChI=1S/C13H20N2O2/c1-10(14)5-4-8-15-13(17)9-11-6-2-3-7-12(11)16/h2-3,6-7,10,16H,4-5,8-9,14H2,1H3,(H,15,17). The third-order valence-corrected chi connectivity index (χ3v) is 2.50. The first-order valence-electron chi connectivity index (χ1n) is 5.88. The van der Waals surface area contributed by atoms with Gasteiger partial charge in [-0.25, -0.2) is 0 Å². The molecule has 0 saturated carbocycles. The molecule has 1 amide bonds. The smallest absolute Gasteiger partial charge is 0.224 e. The SMILES string of the molecule is CC(N)CCCNC(=O)Cc1ccccc1O. The van der Waals surface area contributed by atoms with E-state index in [2.05, 4.69) is 5.32 Å². The highest BCUT2D eigenvalue weighted by Crippen LogP contribution is 2.15. The Labute approximate surface area is 102 Å². The van der Waals surface area contributed by atoms with Gasteiger partial charge in [-0.1, -0.05) is 18.2 Å². The van der Waals surface area contributed by atoms with E-state index < -0.39 is 0 Å². The van der Waals surface area contributed by atoms with Crippen LogP contribution in [-0.4, -0.2) is 23.6 Å². The van der Waals surface area contributed by atoms with E-state index in [0.29, 0.717) is 12.1 Å². The molecule has 17 heavy (non-hydrogen) atoms. The third kappa shape index (κ3) is 5.36. The van der Waals surface area contributed by atoms with E-state index in [4.69, 9.17) is 5.73 Å². The van der Waals surface area contributed by atoms with Crippen molar-refractivity contribution < 1.29 is 9.90 Å². The highest BCUT2D eigenvalue weighted by molar-refractivity contribution is 5.79. The Morgan fingerprint density at radius 3 is 2.82 bits per heavy atom. The summed E-state index contributed by atoms with van der Waals surface area (Å²) in [4.78, 5) is 11.6. The van der Waals surface area contributed by atoms with E-state index in [0.717, 1.165) is 12.8 Å². The largest absolute Gasteiger partial charge is 0.508 e. The van der Waals surface area contributed by atoms with Crippen molar-refractivity contribution in [1.29, 1.82) is 0 Å². The van der Waals surface area contributed by atoms with Crippen LogP contribution >= 0.6 is 0 Å². The summed E-state index contributed by atoms with van der Waals surface area (Å²) in [5, 5.41) is 12.3. The topological polar surface area (TPSA) is 75.3 Å². The minimum Gasteiger partial charge on any atom is -0.508 e. The third-order valence-electron chi connectivity index (χ3n) is 2.50. The highest BCUT2D eigenvalue weighted by atomic mass is 16.3. The predicted molar refractivity (Wildman–Crippen MR) is 67.7 cm³/mol. The van der Waals surface area contributed by atoms with Crippen molar-refractivity contribution in [2.24, 2.45) is 5.73 Å². The number of aromatic hydroxyl groups is 1. The Morgan fingerprint density at radius 2 is 2.18 bits per heavy atom. The number of rotatable bonds is 6. The lowest BCUT2D eigenvalue weighted by atomic mass is 10.1. The molecule has 1 aromatic rings. The summed E-state index contributed by atoms with van der Waals surface area (Å²) < 4.78 is 0. The fourth-order valence-corrected chi connectivity index (χ4v) is 1.55. The number of hydrogen-bond acceptors (Lipinski definition) is 3. The molecule has 94 valence electrons. The van der Waals surface area contributed by atoms with Gasteiger partial charge >= 0.3 is 0 Å². The van der Waals surface area contributed by atoms with Gasteiger partial charge in [-0.3, -0.25) is 4.79 Å². The van der Waals surface area contributed by atoms with Gasteiger partial charge in [0, 0.05) is 18.2 Å². The quantitative estimate of drug-likeness (QED) is 0.649. The molecule has 4 heteroatoms. The molecular formula is C13H20N2O2. The van der Waals surface area contributed by atoms with Gasteiger partial charge in [0.1, 0.15) is 5.75 Å². The minimum atomic E-state index is -0.0730. The molecule has 4 nitrogen and oxygen atoms in total. The zero-order valence-electron chi connectivity index (χ0n) is 10.1. The number of carbonyl (C=O) groups is 1. The number of amides is 1. The molecule has 0 saturated heterocycles. The van der Waals surface area contributed by atoms with Gasteiger partial charge in [0.2, 0.25) is 5.91 Å². The summed E-state index contributed by atoms with van der Waals surface area (Å²) in [7, 11) is 0. The maximum Gasteiger partial charge on any atom is 0.224 e. The number of nitrogens with one attached hydrogen (secondary N) is 1. The van der Waals surface area contributed by atoms with Gasteiger partial charge < -0.3 is 16.2 Å². The Hall–Kier alpha value is -1.55. The van der Waals surface area contributed by atoms with Gasteiger partial charge in [0.25, 0.3) is 0 Å². The van der Waals surface area contributed by atoms with E-state index in [1.54, 1.807) is 24.3 Å². The first kappa shape index (κ1) is 13.5. The fourth-order valence-electron chi connectivity index (χ4n) is 1.55. The molecule has 0 fully saturated rings. The molecular weight excluding hydrogens is 216 g/mol. The number of carbonyl (C=O) groups excluding carboxylic acids is 1. The summed E-state index contributed by atoms with van der Waals surface area (Å²) in [6.45, 7) is 2.58. The summed E-state index contributed by atoms with van der Waals surface area (Å²) in [5.41, 5.74) is 6.26. The number of phenolic OH excluding ortho intramolecular Hbond substituents is 1. The number of para-hydroxylation sites is 1. The maximum absolute atomic E-state index is 11.6. The lowest BCUT2D eigenvalue weighted by Gasteiger charge is -2.07. The zero-order valence-corrected chi connectivity index (χ0v) is 10.1. The Balaban J connectivity index is 2.28. The van der Waals surface area contributed by atoms with E-state index in [1.165, 1.54) is 0 Å². The molecule has 1 aromatic carbocycles. The molecule has 0 aliphatic carbocycles. The van der Waals surface area contributed by atoms with Gasteiger partial charge in [-0.2, -0.15) is 0 Å². The summed E-state index contributed by atoms with van der Waals surface area (Å²) in [6.07, 6.45) is 1.99. The molecule has 1 unspecified atom stereocenters. The van der Waals surface area contributed by atoms with Gasteiger partial charge in [-0.05, 0) is 25.8 Å². The average Bonchev–Trinajstić information content (AvgIpc) is 2.27. The second kappa shape index (κ2) is 6.91. The van der Waals surface area contributed by atoms with Crippen LogP contribution in [0.3, 0.4) is 0 Å². The van der Waals surface area contributed by atoms with Crippen LogP contribution in [0.15, 0.2) is 24.3 Å². The van der Waals surface area contributed by atoms with Crippen LogP contribution in [0.4, 0.5) is 0 Å². The average molecular weight is 236 g/mol. The van der Waals surface area contributed by atoms with Crippen molar-refractivity contribution in [1.82, 2.24) is 5.32 Å². The number of phenols is 1. The van der Waals surface area contributed by atoms with Crippen LogP contribution in [0.5, 0.6) is 5.75 Å². The van der Waals surface area contributed by atoms with E-state index in [-0.39, 0.29) is 24.1 Å². The number of benzene rings is 1. The molecule has 0 aliphatic heterocycles. The van der Waals surface area contributed by atoms with E-state index in [9.17, 15) is 9.90 Å². The number of hydrogen-bond donors (Lipinski definition) is 3. The van der Waals surface area contributed by atoms with E-state index in [1.807, 2.05) is 6.92 Å². The van der Waals surface area contributed by atoms with Crippen LogP contribution in [0.25, 0.3) is 0 Å². The minimum absolute atomic E-state index is 0.0730. The maximum atomic E-state index is 11.6. The van der Waals surface area contributed by atoms with Gasteiger partial charge in [-0.15, -0.1) is 0 Å². The number of nitrogens with two attached hydrogens (primary N) is 1. The van der Waals surface area contributed by atoms with E-state index >= 15 is 0 Å². The molecule has 1 atom stereocenters. The fraction of sp³-hybridized carbons (Fsp3) is 0.462. The van der Waals surface area contributed by atoms with Crippen molar-refractivity contribution in [2.45, 2.75) is 32.2 Å². The highest BCUT2D eigenvalue weighted by Gasteiger charge is 2.06. The molecule has 1 rings (SSSR count). The molecule has 0 aromatic heterocycles. The van der Waals surface area contributed by atoms with Crippen molar-refractivity contribution in [3.05, 3.63) is 29.8 Å². The molecule has 0 aliphatic rings. The van der Waals surface area contributed by atoms with Crippen LogP contribution in [0.1, 0.15) is 25.3 Å². The van der Waals surface area contributed by atoms with Crippen molar-refractivity contribution in [3.63, 3.8) is 0 Å². The molecule has 0 spiro atoms. The van der Waals surface area contributed by atoms with Crippen molar-refractivity contribution >= 4 is 5.91 Å². The van der Waals surface area contributed by atoms with Crippen LogP contribution in [0, 0.1) is 0 Å². The zero-order chi connectivity index (χ0) is 12.7. The monoisotopic (exact) mass is 236 g/mol. The van der Waals surface area contributed by atoms with Crippen LogP contribution in [0.2, 0.25) is 0 Å². The Morgan fingerprint density at radius 1 is 1.47 bits per heavy atom. The Kier molecular flexibility index (Phi) is 5.49. The summed E-state index contributed by atoms with van der Waals surface area (Å²) >= 11 is 0.